The SMILES string of the molecule is CC(C)C1=CCC2(CC1)OCCO2.CC(C)C1=CCCC2(C1)OCCO2.CC(C)C1=CCCCC1.CC(C)C1=CCCCC1=O.CC(C)C1=CCCCCC1. The van der Waals surface area contributed by atoms with E-state index in [-0.39, 0.29) is 11.6 Å². The molecule has 2 aliphatic heterocycles. The first kappa shape index (κ1) is 47.6. The predicted octanol–water partition coefficient (Wildman–Crippen LogP) is 14.0. The van der Waals surface area contributed by atoms with Crippen molar-refractivity contribution in [3.05, 3.63) is 58.2 Å². The Hall–Kier alpha value is -1.79. The van der Waals surface area contributed by atoms with Crippen molar-refractivity contribution in [3.8, 4) is 0 Å². The molecule has 55 heavy (non-hydrogen) atoms. The number of hydrogen-bond donors (Lipinski definition) is 0. The van der Waals surface area contributed by atoms with E-state index < -0.39 is 0 Å². The summed E-state index contributed by atoms with van der Waals surface area (Å²) in [5.74, 6) is 3.20. The zero-order valence-electron chi connectivity index (χ0n) is 37.4. The summed E-state index contributed by atoms with van der Waals surface area (Å²) < 4.78 is 22.7. The van der Waals surface area contributed by atoms with E-state index in [2.05, 4.69) is 99.6 Å². The molecule has 0 amide bonds. The maximum absolute atomic E-state index is 11.2. The van der Waals surface area contributed by atoms with Gasteiger partial charge < -0.3 is 18.9 Å². The molecular formula is C50H84O5. The fourth-order valence-electron chi connectivity index (χ4n) is 8.53. The average molecular weight is 765 g/mol. The van der Waals surface area contributed by atoms with Crippen LogP contribution in [0.4, 0.5) is 0 Å². The third-order valence-electron chi connectivity index (χ3n) is 12.3. The second-order valence-corrected chi connectivity index (χ2v) is 18.3. The Morgan fingerprint density at radius 2 is 0.909 bits per heavy atom. The Labute approximate surface area is 339 Å². The summed E-state index contributed by atoms with van der Waals surface area (Å²) in [6.45, 7) is 25.4. The predicted molar refractivity (Wildman–Crippen MR) is 232 cm³/mol. The van der Waals surface area contributed by atoms with E-state index in [0.29, 0.717) is 23.5 Å². The monoisotopic (exact) mass is 765 g/mol. The van der Waals surface area contributed by atoms with Gasteiger partial charge in [0.25, 0.3) is 0 Å². The van der Waals surface area contributed by atoms with Gasteiger partial charge in [0.15, 0.2) is 17.4 Å². The lowest BCUT2D eigenvalue weighted by Gasteiger charge is -2.32. The Balaban J connectivity index is 0.000000186. The second-order valence-electron chi connectivity index (χ2n) is 18.3. The van der Waals surface area contributed by atoms with Gasteiger partial charge >= 0.3 is 0 Å². The number of ketones is 1. The van der Waals surface area contributed by atoms with Crippen molar-refractivity contribution < 1.29 is 23.7 Å². The van der Waals surface area contributed by atoms with E-state index in [1.54, 1.807) is 16.7 Å². The number of carbonyl (C=O) groups is 1. The number of ether oxygens (including phenoxy) is 4. The van der Waals surface area contributed by atoms with Crippen molar-refractivity contribution in [2.75, 3.05) is 26.4 Å². The average Bonchev–Trinajstić information content (AvgIpc) is 3.73. The third kappa shape index (κ3) is 16.9. The molecule has 7 rings (SSSR count). The molecule has 0 radical (unpaired) electrons. The highest BCUT2D eigenvalue weighted by atomic mass is 16.7. The summed E-state index contributed by atoms with van der Waals surface area (Å²) in [5, 5.41) is 0. The molecule has 2 saturated heterocycles. The summed E-state index contributed by atoms with van der Waals surface area (Å²) in [7, 11) is 0. The van der Waals surface area contributed by atoms with Gasteiger partial charge in [0.05, 0.1) is 26.4 Å². The number of allylic oxidation sites excluding steroid dienone is 8. The quantitative estimate of drug-likeness (QED) is 0.261. The van der Waals surface area contributed by atoms with Crippen molar-refractivity contribution in [2.45, 2.75) is 196 Å². The van der Waals surface area contributed by atoms with Crippen LogP contribution in [-0.2, 0) is 23.7 Å². The van der Waals surface area contributed by atoms with Crippen LogP contribution in [0.25, 0.3) is 0 Å². The highest BCUT2D eigenvalue weighted by Gasteiger charge is 2.39. The summed E-state index contributed by atoms with van der Waals surface area (Å²) in [6.07, 6.45) is 33.3. The van der Waals surface area contributed by atoms with Crippen LogP contribution in [0.15, 0.2) is 58.2 Å². The molecule has 0 bridgehead atoms. The fourth-order valence-corrected chi connectivity index (χ4v) is 8.53. The molecule has 2 spiro atoms. The minimum atomic E-state index is -0.242. The molecule has 0 aromatic heterocycles. The van der Waals surface area contributed by atoms with Gasteiger partial charge in [0, 0.05) is 32.1 Å². The Morgan fingerprint density at radius 1 is 0.436 bits per heavy atom. The third-order valence-corrected chi connectivity index (χ3v) is 12.3. The summed E-state index contributed by atoms with van der Waals surface area (Å²) in [6, 6.07) is 0. The highest BCUT2D eigenvalue weighted by molar-refractivity contribution is 5.96. The van der Waals surface area contributed by atoms with E-state index in [4.69, 9.17) is 18.9 Å². The summed E-state index contributed by atoms with van der Waals surface area (Å²) >= 11 is 0. The lowest BCUT2D eigenvalue weighted by molar-refractivity contribution is -0.163. The Kier molecular flexibility index (Phi) is 21.5. The molecular weight excluding hydrogens is 681 g/mol. The molecule has 0 N–H and O–H groups in total. The van der Waals surface area contributed by atoms with Crippen LogP contribution in [0.2, 0.25) is 0 Å². The van der Waals surface area contributed by atoms with E-state index in [1.807, 2.05) is 0 Å². The van der Waals surface area contributed by atoms with Crippen molar-refractivity contribution in [3.63, 3.8) is 0 Å². The van der Waals surface area contributed by atoms with Crippen LogP contribution in [0.3, 0.4) is 0 Å². The molecule has 2 fully saturated rings. The maximum Gasteiger partial charge on any atom is 0.172 e. The van der Waals surface area contributed by atoms with Gasteiger partial charge in [-0.3, -0.25) is 4.79 Å². The number of rotatable bonds is 5. The first-order chi connectivity index (χ1) is 26.3. The summed E-state index contributed by atoms with van der Waals surface area (Å²) in [5.41, 5.74) is 7.47. The number of Topliss-reactive ketones (excluding diaryl/α,β-unsaturated/α-hetero) is 1. The molecule has 0 saturated carbocycles. The van der Waals surface area contributed by atoms with Crippen molar-refractivity contribution in [2.24, 2.45) is 29.6 Å². The molecule has 314 valence electrons. The van der Waals surface area contributed by atoms with E-state index >= 15 is 0 Å². The van der Waals surface area contributed by atoms with Crippen molar-refractivity contribution in [1.82, 2.24) is 0 Å². The first-order valence-electron chi connectivity index (χ1n) is 22.8. The van der Waals surface area contributed by atoms with Gasteiger partial charge in [-0.1, -0.05) is 128 Å². The zero-order chi connectivity index (χ0) is 40.3. The van der Waals surface area contributed by atoms with Gasteiger partial charge in [0.2, 0.25) is 0 Å². The lowest BCUT2D eigenvalue weighted by Crippen LogP contribution is -2.33. The van der Waals surface area contributed by atoms with Crippen molar-refractivity contribution >= 4 is 5.78 Å². The standard InChI is InChI=1S/2C11H18O2.C10H18.C9H14O.C9H16/c1-9(2)10-3-5-11(6-4-10)12-7-8-13-11;1-9(2)10-4-3-5-11(8-10)12-6-7-13-11;1-9(2)10-7-5-3-4-6-8-10;1-7(2)8-5-3-4-6-9(8)10;1-8(2)9-6-4-3-5-7-9/h3,9H,4-8H2,1-2H3;4,9H,3,5-8H2,1-2H3;7,9H,3-6,8H2,1-2H3;5,7H,3-4,6H2,1-2H3;6,8H,3-5,7H2,1-2H3. The van der Waals surface area contributed by atoms with E-state index in [1.165, 1.54) is 63.4 Å². The zero-order valence-corrected chi connectivity index (χ0v) is 37.4. The van der Waals surface area contributed by atoms with Crippen LogP contribution in [0.1, 0.15) is 185 Å². The highest BCUT2D eigenvalue weighted by Crippen LogP contribution is 2.38. The minimum Gasteiger partial charge on any atom is -0.347 e. The van der Waals surface area contributed by atoms with Crippen LogP contribution in [0.5, 0.6) is 0 Å². The molecule has 7 aliphatic rings. The topological polar surface area (TPSA) is 54.0 Å². The second kappa shape index (κ2) is 24.9. The first-order valence-corrected chi connectivity index (χ1v) is 22.8. The molecule has 0 aromatic rings. The number of hydrogen-bond acceptors (Lipinski definition) is 5. The van der Waals surface area contributed by atoms with Gasteiger partial charge in [-0.05, 0) is 112 Å². The van der Waals surface area contributed by atoms with Gasteiger partial charge in [-0.2, -0.15) is 0 Å². The molecule has 2 heterocycles. The lowest BCUT2D eigenvalue weighted by atomic mass is 9.87. The smallest absolute Gasteiger partial charge is 0.172 e. The molecule has 5 aliphatic carbocycles. The maximum atomic E-state index is 11.2. The molecule has 5 nitrogen and oxygen atoms in total. The van der Waals surface area contributed by atoms with Gasteiger partial charge in [0.1, 0.15) is 0 Å². The van der Waals surface area contributed by atoms with E-state index in [0.717, 1.165) is 102 Å². The van der Waals surface area contributed by atoms with Crippen LogP contribution in [-0.4, -0.2) is 43.8 Å². The molecule has 0 atom stereocenters. The summed E-state index contributed by atoms with van der Waals surface area (Å²) in [4.78, 5) is 11.2. The molecule has 5 heteroatoms. The normalized spacial score (nSPS) is 23.3. The van der Waals surface area contributed by atoms with E-state index in [9.17, 15) is 4.79 Å². The van der Waals surface area contributed by atoms with Gasteiger partial charge in [-0.15, -0.1) is 0 Å². The Morgan fingerprint density at radius 3 is 1.36 bits per heavy atom. The van der Waals surface area contributed by atoms with Gasteiger partial charge in [-0.25, -0.2) is 0 Å². The molecule has 0 unspecified atom stereocenters. The van der Waals surface area contributed by atoms with Crippen molar-refractivity contribution in [1.29, 1.82) is 0 Å². The van der Waals surface area contributed by atoms with Crippen LogP contribution >= 0.6 is 0 Å². The fraction of sp³-hybridized carbons (Fsp3) is 0.780. The molecule has 0 aromatic carbocycles. The van der Waals surface area contributed by atoms with Crippen LogP contribution in [0, 0.1) is 29.6 Å². The largest absolute Gasteiger partial charge is 0.347 e. The number of carbonyl (C=O) groups excluding carboxylic acids is 1. The Bertz CT molecular complexity index is 1280. The minimum absolute atomic E-state index is 0.238. The van der Waals surface area contributed by atoms with Crippen LogP contribution < -0.4 is 0 Å².